The third-order valence-electron chi connectivity index (χ3n) is 28.7. The number of cyclic esters (lactones) is 2. The fraction of sp³-hybridized carbons (Fsp3) is 0.903. The number of nitrogens with one attached hydrogen (secondary N) is 2. The predicted molar refractivity (Wildman–Crippen MR) is 554 cm³/mol. The normalized spacial score (nSPS) is 38.6. The maximum atomic E-state index is 14.5. The van der Waals surface area contributed by atoms with Crippen LogP contribution in [-0.2, 0) is 85.6 Å². The minimum absolute atomic E-state index is 0. The Kier molecular flexibility index (Phi) is 69.2. The maximum absolute atomic E-state index is 14.5. The van der Waals surface area contributed by atoms with E-state index in [1.54, 1.807) is 108 Å². The van der Waals surface area contributed by atoms with Crippen LogP contribution in [0.3, 0.4) is 0 Å². The van der Waals surface area contributed by atoms with E-state index in [4.69, 9.17) is 67.7 Å². The molecule has 6 aliphatic rings. The monoisotopic (exact) mass is 2110 g/mol. The first-order valence-corrected chi connectivity index (χ1v) is 50.7. The Bertz CT molecular complexity index is 3620. The van der Waals surface area contributed by atoms with Gasteiger partial charge in [-0.15, -0.1) is 0 Å². The van der Waals surface area contributed by atoms with E-state index >= 15 is 0 Å². The second kappa shape index (κ2) is 68.5. The molecule has 6 heterocycles. The molecule has 0 aliphatic carbocycles. The molecule has 6 rings (SSSR count). The molecule has 0 bridgehead atoms. The van der Waals surface area contributed by atoms with E-state index in [9.17, 15) is 84.9 Å². The summed E-state index contributed by atoms with van der Waals surface area (Å²) < 4.78 is 75.3. The number of amides is 2. The Morgan fingerprint density at radius 3 is 1.19 bits per heavy atom. The van der Waals surface area contributed by atoms with E-state index in [0.29, 0.717) is 38.8 Å². The number of hydrogen-bond donors (Lipinski definition) is 15. The molecule has 0 aromatic heterocycles. The molecule has 38 nitrogen and oxygen atoms in total. The molecule has 40 heteroatoms. The number of allylic oxidation sites excluding steroid dienone is 2. The fourth-order valence-electron chi connectivity index (χ4n) is 20.3. The second-order valence-corrected chi connectivity index (χ2v) is 41.9. The fourth-order valence-corrected chi connectivity index (χ4v) is 20.3. The Balaban J connectivity index is -0.000000764. The summed E-state index contributed by atoms with van der Waals surface area (Å²) in [5, 5.41) is 142. The molecule has 143 heavy (non-hydrogen) atoms. The first-order chi connectivity index (χ1) is 64.2. The predicted octanol–water partition coefficient (Wildman–Crippen LogP) is 5.21. The van der Waals surface area contributed by atoms with Crippen LogP contribution in [0, 0.1) is 35.5 Å². The average Bonchev–Trinajstić information content (AvgIpc) is 1.12. The summed E-state index contributed by atoms with van der Waals surface area (Å²) in [6.45, 7) is 41.5. The van der Waals surface area contributed by atoms with Crippen molar-refractivity contribution in [2.45, 2.75) is 477 Å². The molecule has 844 valence electrons. The summed E-state index contributed by atoms with van der Waals surface area (Å²) in [6.07, 6.45) is -2.10. The smallest absolute Gasteiger partial charge is 1.00 e. The van der Waals surface area contributed by atoms with Gasteiger partial charge < -0.3 is 151 Å². The summed E-state index contributed by atoms with van der Waals surface area (Å²) in [7, 11) is 10.4. The average molecular weight is 2110 g/mol. The van der Waals surface area contributed by atoms with Gasteiger partial charge in [-0.25, -0.2) is 0 Å². The van der Waals surface area contributed by atoms with Gasteiger partial charge in [-0.2, -0.15) is 9.90 Å². The van der Waals surface area contributed by atoms with Crippen LogP contribution in [0.25, 0.3) is 0 Å². The molecule has 0 radical (unpaired) electrons. The summed E-state index contributed by atoms with van der Waals surface area (Å²) in [6, 6.07) is -2.43. The molecule has 1 unspecified atom stereocenters. The number of aliphatic hydroxyl groups excluding tert-OH is 6. The van der Waals surface area contributed by atoms with Crippen LogP contribution in [0.15, 0.2) is 24.3 Å². The van der Waals surface area contributed by atoms with Crippen molar-refractivity contribution >= 4 is 45.6 Å². The summed E-state index contributed by atoms with van der Waals surface area (Å²) in [5.74, 6) is -8.44. The molecule has 6 aliphatic heterocycles. The van der Waals surface area contributed by atoms with E-state index in [1.165, 1.54) is 58.7 Å². The van der Waals surface area contributed by atoms with E-state index in [2.05, 4.69) is 17.6 Å². The molecule has 2 amide bonds. The number of likely N-dealkylation sites (N-methyl/N-ethyl adjacent to an activating group) is 2. The van der Waals surface area contributed by atoms with Crippen LogP contribution in [0.4, 0.5) is 0 Å². The zero-order valence-electron chi connectivity index (χ0n) is 92.3. The van der Waals surface area contributed by atoms with Crippen LogP contribution < -0.4 is 67.8 Å². The number of nitrogens with zero attached hydrogens (tertiary/aromatic N) is 4. The number of rotatable bonds is 34. The number of carbonyl (C=O) groups is 6. The van der Waals surface area contributed by atoms with Gasteiger partial charge in [0.15, 0.2) is 25.2 Å². The van der Waals surface area contributed by atoms with E-state index in [-0.39, 0.29) is 191 Å². The number of unbranched alkanes of at least 4 members (excludes halogenated alkanes) is 5. The third-order valence-corrected chi connectivity index (χ3v) is 28.7. The molecule has 0 aromatic rings. The van der Waals surface area contributed by atoms with Gasteiger partial charge in [-0.1, -0.05) is 121 Å². The zero-order valence-corrected chi connectivity index (χ0v) is 95.8. The van der Waals surface area contributed by atoms with E-state index in [1.807, 2.05) is 97.8 Å². The second-order valence-electron chi connectivity index (χ2n) is 41.9. The zero-order chi connectivity index (χ0) is 105. The summed E-state index contributed by atoms with van der Waals surface area (Å²) in [5.41, 5.74) is -4.29. The summed E-state index contributed by atoms with van der Waals surface area (Å²) >= 11 is 0. The molecular weight excluding hydrogens is 1900 g/mol. The van der Waals surface area contributed by atoms with Crippen LogP contribution >= 0.6 is 9.90 Å². The number of carbonyl (C=O) groups excluding carboxylic acids is 4. The number of hydrogen-bond acceptors (Lipinski definition) is 33. The molecule has 0 saturated carbocycles. The minimum atomic E-state index is -2.00. The molecule has 0 spiro atoms. The summed E-state index contributed by atoms with van der Waals surface area (Å²) in [4.78, 5) is 83.4. The van der Waals surface area contributed by atoms with Crippen LogP contribution in [-0.4, -0.2) is 391 Å². The molecule has 6 fully saturated rings. The van der Waals surface area contributed by atoms with Crippen LogP contribution in [0.2, 0.25) is 0 Å². The molecule has 0 aromatic carbocycles. The van der Waals surface area contributed by atoms with Crippen molar-refractivity contribution in [3.63, 3.8) is 0 Å². The van der Waals surface area contributed by atoms with Crippen LogP contribution in [0.5, 0.6) is 0 Å². The molecule has 37 atom stereocenters. The number of nitrogens with two attached hydrogens (primary N) is 1. The number of ether oxygens (including phenoxy) is 12. The number of aliphatic carboxylic acids is 2. The Morgan fingerprint density at radius 1 is 0.503 bits per heavy atom. The van der Waals surface area contributed by atoms with Gasteiger partial charge in [0.2, 0.25) is 11.8 Å². The van der Waals surface area contributed by atoms with Gasteiger partial charge in [0, 0.05) is 97.1 Å². The SMILES string of the molecule is C.C.CC/C=C\CC(=O)NCCCCCNC(=O)CN1C[C@H](C)C[C@@](C)(O)[C@H](O[C@@H]2O[C@H](C)C[C@H](N(C)C)[C@H]2O)[C@@H](C)[C@H](O[C@H]2C[C@@](C)(OC)[C@@H](O)[C@H](C)O2)[C@@H](C)C(=O)O[C@H](CC)[C@@](C)(O)[C@H](O)[C@H]1C.CC/C=C\CC(=O)O.CCCCCCN.CC[C@H]1OC(=O)[C@H](C)[C@@H](O[C@H]2C[C@@](C)(OC)[C@@H](O)[C@H](C)O2)[C@H](C)[C@@H](O[C@@H]2O[C@H](C)C[C@H](N(C)C)[C@H]2O)[C@](C)(O)C[C@@H](C)CN(CC(=O)O)[C@H](C)[C@@H](O)[C@]1(C)O.O.P.[H-].[HH].[K+]. The first kappa shape index (κ1) is 144. The number of aliphatic hydroxyl groups is 10. The largest absolute Gasteiger partial charge is 1.00 e. The van der Waals surface area contributed by atoms with E-state index < -0.39 is 216 Å². The Hall–Kier alpha value is -2.67. The van der Waals surface area contributed by atoms with Crippen molar-refractivity contribution < 1.29 is 207 Å². The maximum Gasteiger partial charge on any atom is 1.00 e. The van der Waals surface area contributed by atoms with Gasteiger partial charge in [-0.3, -0.25) is 38.6 Å². The van der Waals surface area contributed by atoms with Crippen molar-refractivity contribution in [3.05, 3.63) is 24.3 Å². The Labute approximate surface area is 906 Å². The Morgan fingerprint density at radius 2 is 0.860 bits per heavy atom. The van der Waals surface area contributed by atoms with Crippen molar-refractivity contribution in [1.82, 2.24) is 30.2 Å². The molecule has 6 saturated heterocycles. The minimum Gasteiger partial charge on any atom is -1.00 e. The van der Waals surface area contributed by atoms with Crippen molar-refractivity contribution in [1.29, 1.82) is 0 Å². The van der Waals surface area contributed by atoms with Gasteiger partial charge in [0.05, 0.1) is 103 Å². The van der Waals surface area contributed by atoms with E-state index in [0.717, 1.165) is 32.2 Å². The topological polar surface area (TPSA) is 550 Å². The van der Waals surface area contributed by atoms with Gasteiger partial charge in [0.1, 0.15) is 60.0 Å². The van der Waals surface area contributed by atoms with Gasteiger partial charge >= 0.3 is 75.3 Å². The third kappa shape index (κ3) is 44.4. The van der Waals surface area contributed by atoms with Crippen LogP contribution in [0.1, 0.15) is 299 Å². The quantitative estimate of drug-likeness (QED) is 0.0129. The van der Waals surface area contributed by atoms with Crippen molar-refractivity contribution in [2.75, 3.05) is 88.2 Å². The number of carboxylic acid groups (broad SMARTS) is 2. The number of carboxylic acids is 2. The standard InChI is InChI=1S/C50H92N4O14.C39H72N2O14.C6H15N.C6H10O2.2CH4.K.H2O.H3P.H2.H/c1-15-17-19-22-38(55)51-23-20-18-21-24-52-39(56)29-54-28-30(3)26-48(9,61)45(68-47-41(57)36(53(12)13)25-31(4)64-47)32(5)42(67-40-27-49(10,63-14)44(59)35(8)65-40)33(6)46(60)66-37(16-2)50(11,62)43(58)34(54)7;1-14-27-39(10,49)32(45)24(6)41(19-28(42)43)18-20(2)16-37(8,48)34(55-36-30(44)26(40(11)12)15-21(3)51-36)22(4)31(23(5)35(47)53-27)54-29-17-38(9,50-13)33(46)25(7)52-29;1-2-3-4-5-6-7;1-2-3-4-5-6(7)8;;;;;;;/h17,19,30-37,40-45,47,57-59,61-62H,15-16,18,20-29H2,1-14H3,(H,51,55)(H,52,56);20-27,29-34,36,44-46,48-49H,14-19H2,1-13H3,(H,42,43);2-7H2,1H3;3-4H,2,5H2,1H3,(H,7,8);2*1H4;;1H2;1H3;1H;/q;;;;;;+1;;;;-1/b19-17-;;;4-3-;;;;;;;/t30-,31-,32+,33-,34-,35+,36+,37-,40+,41-,42+,43-,44+,45-,47+,48-,49-,50-;20-,21-,22+,23-,24-,25+,26+,27-,29+,30-,31+,32-,33+,34-,36+,37-,38-,39-;;;;;;;;;/m11........./s1. The van der Waals surface area contributed by atoms with Gasteiger partial charge in [0.25, 0.3) is 0 Å². The molecular formula is C103H205KN7O31P. The van der Waals surface area contributed by atoms with Gasteiger partial charge in [-0.05, 0) is 221 Å². The number of esters is 2. The van der Waals surface area contributed by atoms with Crippen molar-refractivity contribution in [3.8, 4) is 0 Å². The molecule has 18 N–H and O–H groups in total. The first-order valence-electron chi connectivity index (χ1n) is 50.7. The van der Waals surface area contributed by atoms with Crippen molar-refractivity contribution in [2.24, 2.45) is 41.2 Å². The number of methoxy groups -OCH3 is 2.